The molecule has 5 heteroatoms. The van der Waals surface area contributed by atoms with Crippen LogP contribution in [0.5, 0.6) is 0 Å². The summed E-state index contributed by atoms with van der Waals surface area (Å²) in [6, 6.07) is 14.4. The maximum Gasteiger partial charge on any atom is 0.273 e. The molecule has 0 saturated carbocycles. The van der Waals surface area contributed by atoms with Gasteiger partial charge < -0.3 is 9.32 Å². The number of rotatable bonds is 3. The van der Waals surface area contributed by atoms with Crippen molar-refractivity contribution in [3.63, 3.8) is 0 Å². The molecule has 25 heavy (non-hydrogen) atoms. The summed E-state index contributed by atoms with van der Waals surface area (Å²) < 4.78 is 5.59. The van der Waals surface area contributed by atoms with Crippen LogP contribution in [0.25, 0.3) is 10.8 Å². The van der Waals surface area contributed by atoms with Gasteiger partial charge in [-0.15, -0.1) is 11.3 Å². The Balaban J connectivity index is 1.42. The van der Waals surface area contributed by atoms with Crippen LogP contribution in [-0.4, -0.2) is 28.9 Å². The number of carbonyl (C=O) groups is 1. The number of hydrogen-bond donors (Lipinski definition) is 0. The molecule has 1 aliphatic heterocycles. The van der Waals surface area contributed by atoms with Crippen molar-refractivity contribution in [1.29, 1.82) is 0 Å². The first-order chi connectivity index (χ1) is 12.2. The Morgan fingerprint density at radius 1 is 1.16 bits per heavy atom. The third-order valence-electron chi connectivity index (χ3n) is 4.73. The molecule has 0 radical (unpaired) electrons. The highest BCUT2D eigenvalue weighted by Crippen LogP contribution is 2.30. The molecular formula is C20H20N2O2S. The number of likely N-dealkylation sites (tertiary alicyclic amines) is 1. The van der Waals surface area contributed by atoms with E-state index in [2.05, 4.69) is 29.2 Å². The molecule has 2 aromatic heterocycles. The lowest BCUT2D eigenvalue weighted by atomic mass is 9.89. The predicted molar refractivity (Wildman–Crippen MR) is 98.9 cm³/mol. The Labute approximate surface area is 151 Å². The molecule has 1 aromatic carbocycles. The van der Waals surface area contributed by atoms with E-state index >= 15 is 0 Å². The van der Waals surface area contributed by atoms with Crippen LogP contribution < -0.4 is 0 Å². The van der Waals surface area contributed by atoms with E-state index in [4.69, 9.17) is 4.42 Å². The number of piperidine rings is 1. The number of amides is 1. The first-order valence-corrected chi connectivity index (χ1v) is 9.45. The number of aromatic nitrogens is 1. The van der Waals surface area contributed by atoms with Gasteiger partial charge in [0.1, 0.15) is 11.5 Å². The van der Waals surface area contributed by atoms with Gasteiger partial charge in [0.05, 0.1) is 0 Å². The van der Waals surface area contributed by atoms with Crippen LogP contribution in [0.4, 0.5) is 0 Å². The minimum atomic E-state index is 0.0253. The normalized spacial score (nSPS) is 15.5. The van der Waals surface area contributed by atoms with Crippen LogP contribution in [0.2, 0.25) is 0 Å². The monoisotopic (exact) mass is 352 g/mol. The number of aryl methyl sites for hydroxylation is 1. The lowest BCUT2D eigenvalue weighted by Gasteiger charge is -2.31. The Hall–Kier alpha value is -2.40. The van der Waals surface area contributed by atoms with Crippen molar-refractivity contribution in [2.24, 2.45) is 0 Å². The van der Waals surface area contributed by atoms with Crippen LogP contribution in [0.1, 0.15) is 40.6 Å². The maximum atomic E-state index is 12.7. The summed E-state index contributed by atoms with van der Waals surface area (Å²) in [5.41, 5.74) is 1.89. The van der Waals surface area contributed by atoms with E-state index in [1.54, 1.807) is 0 Å². The first kappa shape index (κ1) is 16.1. The summed E-state index contributed by atoms with van der Waals surface area (Å²) in [6.45, 7) is 3.47. The summed E-state index contributed by atoms with van der Waals surface area (Å²) in [5.74, 6) is 2.14. The van der Waals surface area contributed by atoms with E-state index in [9.17, 15) is 4.79 Å². The molecule has 1 fully saturated rings. The van der Waals surface area contributed by atoms with Gasteiger partial charge in [0.2, 0.25) is 0 Å². The molecule has 1 amide bonds. The van der Waals surface area contributed by atoms with Crippen LogP contribution >= 0.6 is 11.3 Å². The molecule has 1 saturated heterocycles. The van der Waals surface area contributed by atoms with Crippen molar-refractivity contribution in [1.82, 2.24) is 9.88 Å². The molecule has 128 valence electrons. The molecule has 3 aromatic rings. The van der Waals surface area contributed by atoms with Crippen molar-refractivity contribution < 1.29 is 9.21 Å². The summed E-state index contributed by atoms with van der Waals surface area (Å²) in [5, 5.41) is 2.59. The number of furan rings is 1. The second-order valence-electron chi connectivity index (χ2n) is 6.43. The van der Waals surface area contributed by atoms with Crippen molar-refractivity contribution in [2.75, 3.05) is 13.1 Å². The molecule has 0 bridgehead atoms. The lowest BCUT2D eigenvalue weighted by molar-refractivity contribution is 0.0708. The van der Waals surface area contributed by atoms with Gasteiger partial charge in [0.15, 0.2) is 10.8 Å². The second-order valence-corrected chi connectivity index (χ2v) is 7.28. The van der Waals surface area contributed by atoms with Crippen molar-refractivity contribution in [2.45, 2.75) is 25.7 Å². The molecule has 3 heterocycles. The zero-order valence-electron chi connectivity index (χ0n) is 14.1. The number of carbonyl (C=O) groups excluding carboxylic acids is 1. The Bertz CT molecular complexity index is 861. The van der Waals surface area contributed by atoms with E-state index in [1.165, 1.54) is 16.9 Å². The molecule has 0 unspecified atom stereocenters. The lowest BCUT2D eigenvalue weighted by Crippen LogP contribution is -2.38. The van der Waals surface area contributed by atoms with Gasteiger partial charge in [0.25, 0.3) is 5.91 Å². The van der Waals surface area contributed by atoms with Crippen LogP contribution in [0.3, 0.4) is 0 Å². The van der Waals surface area contributed by atoms with Crippen LogP contribution in [0.15, 0.2) is 52.3 Å². The van der Waals surface area contributed by atoms with Gasteiger partial charge >= 0.3 is 0 Å². The minimum absolute atomic E-state index is 0.0253. The average Bonchev–Trinajstić information content (AvgIpc) is 3.31. The smallest absolute Gasteiger partial charge is 0.273 e. The minimum Gasteiger partial charge on any atom is -0.459 e. The Kier molecular flexibility index (Phi) is 4.40. The predicted octanol–water partition coefficient (Wildman–Crippen LogP) is 4.73. The molecule has 4 nitrogen and oxygen atoms in total. The Morgan fingerprint density at radius 3 is 2.60 bits per heavy atom. The number of thiazole rings is 1. The topological polar surface area (TPSA) is 46.3 Å². The van der Waals surface area contributed by atoms with Gasteiger partial charge in [0, 0.05) is 18.5 Å². The highest BCUT2D eigenvalue weighted by atomic mass is 32.1. The van der Waals surface area contributed by atoms with Gasteiger partial charge in [-0.1, -0.05) is 30.3 Å². The molecule has 0 atom stereocenters. The molecule has 4 rings (SSSR count). The van der Waals surface area contributed by atoms with E-state index in [0.29, 0.717) is 11.6 Å². The summed E-state index contributed by atoms with van der Waals surface area (Å²) >= 11 is 1.45. The van der Waals surface area contributed by atoms with Crippen LogP contribution in [-0.2, 0) is 0 Å². The third kappa shape index (κ3) is 3.37. The Morgan fingerprint density at radius 2 is 1.92 bits per heavy atom. The van der Waals surface area contributed by atoms with Gasteiger partial charge in [-0.2, -0.15) is 0 Å². The standard InChI is InChI=1S/C20H20N2O2S/c1-14-7-8-18(24-14)19-21-17(13-25-19)20(23)22-11-9-16(10-12-22)15-5-3-2-4-6-15/h2-8,13,16H,9-12H2,1H3. The summed E-state index contributed by atoms with van der Waals surface area (Å²) in [4.78, 5) is 19.1. The van der Waals surface area contributed by atoms with Crippen molar-refractivity contribution in [3.8, 4) is 10.8 Å². The molecular weight excluding hydrogens is 332 g/mol. The van der Waals surface area contributed by atoms with Crippen molar-refractivity contribution >= 4 is 17.2 Å². The molecule has 1 aliphatic rings. The quantitative estimate of drug-likeness (QED) is 0.684. The average molecular weight is 352 g/mol. The van der Waals surface area contributed by atoms with Crippen LogP contribution in [0, 0.1) is 6.92 Å². The zero-order valence-corrected chi connectivity index (χ0v) is 15.0. The fourth-order valence-electron chi connectivity index (χ4n) is 3.34. The third-order valence-corrected chi connectivity index (χ3v) is 5.58. The van der Waals surface area contributed by atoms with Gasteiger partial charge in [-0.3, -0.25) is 4.79 Å². The summed E-state index contributed by atoms with van der Waals surface area (Å²) in [7, 11) is 0. The number of benzene rings is 1. The fraction of sp³-hybridized carbons (Fsp3) is 0.300. The first-order valence-electron chi connectivity index (χ1n) is 8.57. The van der Waals surface area contributed by atoms with E-state index < -0.39 is 0 Å². The summed E-state index contributed by atoms with van der Waals surface area (Å²) in [6.07, 6.45) is 2.01. The second kappa shape index (κ2) is 6.84. The SMILES string of the molecule is Cc1ccc(-c2nc(C(=O)N3CCC(c4ccccc4)CC3)cs2)o1. The van der Waals surface area contributed by atoms with Crippen molar-refractivity contribution in [3.05, 3.63) is 64.9 Å². The highest BCUT2D eigenvalue weighted by molar-refractivity contribution is 7.13. The van der Waals surface area contributed by atoms with Gasteiger partial charge in [-0.05, 0) is 43.4 Å². The number of hydrogen-bond acceptors (Lipinski definition) is 4. The maximum absolute atomic E-state index is 12.7. The van der Waals surface area contributed by atoms with E-state index in [1.807, 2.05) is 35.4 Å². The molecule has 0 spiro atoms. The molecule has 0 N–H and O–H groups in total. The fourth-order valence-corrected chi connectivity index (χ4v) is 4.09. The zero-order chi connectivity index (χ0) is 17.2. The highest BCUT2D eigenvalue weighted by Gasteiger charge is 2.26. The van der Waals surface area contributed by atoms with E-state index in [-0.39, 0.29) is 5.91 Å². The van der Waals surface area contributed by atoms with Gasteiger partial charge in [-0.25, -0.2) is 4.98 Å². The number of nitrogens with zero attached hydrogens (tertiary/aromatic N) is 2. The molecule has 0 aliphatic carbocycles. The van der Waals surface area contributed by atoms with E-state index in [0.717, 1.165) is 42.5 Å². The largest absolute Gasteiger partial charge is 0.459 e.